The zero-order valence-corrected chi connectivity index (χ0v) is 7.09. The average Bonchev–Trinajstić information content (AvgIpc) is 1.86. The first-order valence-electron chi connectivity index (χ1n) is 3.55. The van der Waals surface area contributed by atoms with E-state index in [2.05, 4.69) is 6.58 Å². The van der Waals surface area contributed by atoms with Gasteiger partial charge in [0.2, 0.25) is 0 Å². The van der Waals surface area contributed by atoms with Gasteiger partial charge in [-0.3, -0.25) is 4.79 Å². The molecule has 0 aliphatic heterocycles. The highest BCUT2D eigenvalue weighted by Gasteiger charge is 2.22. The number of esters is 1. The molecular formula is C8H15NO2. The molecule has 0 aliphatic carbocycles. The number of hydrogen-bond acceptors (Lipinski definition) is 3. The molecule has 3 nitrogen and oxygen atoms in total. The fraction of sp³-hybridized carbons (Fsp3) is 0.625. The number of carbonyl (C=O) groups is 1. The van der Waals surface area contributed by atoms with Crippen LogP contribution in [0, 0.1) is 0 Å². The average molecular weight is 157 g/mol. The minimum absolute atomic E-state index is 0.364. The summed E-state index contributed by atoms with van der Waals surface area (Å²) < 4.78 is 4.81. The molecule has 0 saturated heterocycles. The maximum atomic E-state index is 11.0. The molecule has 11 heavy (non-hydrogen) atoms. The lowest BCUT2D eigenvalue weighted by Crippen LogP contribution is -2.42. The number of nitrogens with two attached hydrogens (primary N) is 1. The molecule has 0 unspecified atom stereocenters. The number of ether oxygens (including phenoxy) is 1. The summed E-state index contributed by atoms with van der Waals surface area (Å²) in [7, 11) is 0. The second-order valence-electron chi connectivity index (χ2n) is 2.93. The molecule has 0 aliphatic rings. The van der Waals surface area contributed by atoms with Gasteiger partial charge in [0.1, 0.15) is 5.54 Å². The van der Waals surface area contributed by atoms with E-state index in [1.54, 1.807) is 19.9 Å². The smallest absolute Gasteiger partial charge is 0.325 e. The van der Waals surface area contributed by atoms with Crippen molar-refractivity contribution < 1.29 is 9.53 Å². The van der Waals surface area contributed by atoms with E-state index in [0.29, 0.717) is 13.0 Å². The predicted octanol–water partition coefficient (Wildman–Crippen LogP) is 0.843. The summed E-state index contributed by atoms with van der Waals surface area (Å²) >= 11 is 0. The Labute approximate surface area is 67.2 Å². The monoisotopic (exact) mass is 157 g/mol. The second kappa shape index (κ2) is 4.13. The Kier molecular flexibility index (Phi) is 3.82. The van der Waals surface area contributed by atoms with Gasteiger partial charge in [0, 0.05) is 0 Å². The van der Waals surface area contributed by atoms with Gasteiger partial charge in [-0.25, -0.2) is 0 Å². The maximum Gasteiger partial charge on any atom is 0.325 e. The van der Waals surface area contributed by atoms with Crippen LogP contribution in [0.5, 0.6) is 0 Å². The Balaban J connectivity index is 3.62. The Morgan fingerprint density at radius 3 is 2.64 bits per heavy atom. The van der Waals surface area contributed by atoms with E-state index < -0.39 is 5.54 Å². The van der Waals surface area contributed by atoms with Gasteiger partial charge in [-0.15, -0.1) is 6.58 Å². The molecule has 0 fully saturated rings. The number of carbonyl (C=O) groups excluding carboxylic acids is 1. The summed E-state index contributed by atoms with van der Waals surface area (Å²) in [4.78, 5) is 11.0. The van der Waals surface area contributed by atoms with Crippen LogP contribution in [0.1, 0.15) is 20.3 Å². The third kappa shape index (κ3) is 4.56. The van der Waals surface area contributed by atoms with Gasteiger partial charge in [-0.1, -0.05) is 6.08 Å². The molecule has 0 aromatic heterocycles. The first-order chi connectivity index (χ1) is 4.98. The molecule has 3 heteroatoms. The first kappa shape index (κ1) is 10.2. The molecule has 0 amide bonds. The Bertz CT molecular complexity index is 147. The Morgan fingerprint density at radius 1 is 1.73 bits per heavy atom. The van der Waals surface area contributed by atoms with Crippen LogP contribution in [-0.4, -0.2) is 18.1 Å². The lowest BCUT2D eigenvalue weighted by molar-refractivity contribution is -0.148. The third-order valence-electron chi connectivity index (χ3n) is 1.08. The molecule has 0 spiro atoms. The lowest BCUT2D eigenvalue weighted by Gasteiger charge is -2.15. The molecule has 0 radical (unpaired) electrons. The van der Waals surface area contributed by atoms with Crippen molar-refractivity contribution in [2.45, 2.75) is 25.8 Å². The molecule has 0 saturated carbocycles. The minimum Gasteiger partial charge on any atom is -0.464 e. The van der Waals surface area contributed by atoms with E-state index in [4.69, 9.17) is 10.5 Å². The summed E-state index contributed by atoms with van der Waals surface area (Å²) in [6.45, 7) is 7.09. The van der Waals surface area contributed by atoms with E-state index in [9.17, 15) is 4.79 Å². The van der Waals surface area contributed by atoms with Crippen LogP contribution in [0.25, 0.3) is 0 Å². The first-order valence-corrected chi connectivity index (χ1v) is 3.55. The molecule has 64 valence electrons. The van der Waals surface area contributed by atoms with Gasteiger partial charge in [-0.05, 0) is 20.3 Å². The molecule has 0 bridgehead atoms. The van der Waals surface area contributed by atoms with Crippen LogP contribution in [0.15, 0.2) is 12.7 Å². The summed E-state index contributed by atoms with van der Waals surface area (Å²) in [6.07, 6.45) is 2.36. The summed E-state index contributed by atoms with van der Waals surface area (Å²) in [5, 5.41) is 0. The van der Waals surface area contributed by atoms with E-state index in [-0.39, 0.29) is 5.97 Å². The van der Waals surface area contributed by atoms with Crippen molar-refractivity contribution in [1.82, 2.24) is 0 Å². The zero-order chi connectivity index (χ0) is 8.91. The molecule has 0 aromatic carbocycles. The number of rotatable bonds is 4. The summed E-state index contributed by atoms with van der Waals surface area (Å²) in [6, 6.07) is 0. The molecular weight excluding hydrogens is 142 g/mol. The molecule has 0 aromatic rings. The van der Waals surface area contributed by atoms with Crippen LogP contribution in [0.4, 0.5) is 0 Å². The topological polar surface area (TPSA) is 52.3 Å². The van der Waals surface area contributed by atoms with Crippen molar-refractivity contribution >= 4 is 5.97 Å². The van der Waals surface area contributed by atoms with Crippen molar-refractivity contribution in [3.8, 4) is 0 Å². The van der Waals surface area contributed by atoms with Gasteiger partial charge >= 0.3 is 5.97 Å². The van der Waals surface area contributed by atoms with E-state index in [0.717, 1.165) is 0 Å². The van der Waals surface area contributed by atoms with Crippen LogP contribution in [0.3, 0.4) is 0 Å². The quantitative estimate of drug-likeness (QED) is 0.374. The van der Waals surface area contributed by atoms with Crippen LogP contribution < -0.4 is 5.73 Å². The summed E-state index contributed by atoms with van der Waals surface area (Å²) in [5.41, 5.74) is 4.57. The molecule has 0 heterocycles. The minimum atomic E-state index is -0.888. The number of hydrogen-bond donors (Lipinski definition) is 1. The van der Waals surface area contributed by atoms with Crippen molar-refractivity contribution in [3.05, 3.63) is 12.7 Å². The van der Waals surface area contributed by atoms with E-state index in [1.807, 2.05) is 0 Å². The molecule has 0 atom stereocenters. The van der Waals surface area contributed by atoms with Crippen molar-refractivity contribution in [1.29, 1.82) is 0 Å². The lowest BCUT2D eigenvalue weighted by atomic mass is 10.1. The van der Waals surface area contributed by atoms with Gasteiger partial charge in [0.15, 0.2) is 0 Å². The predicted molar refractivity (Wildman–Crippen MR) is 44.0 cm³/mol. The van der Waals surface area contributed by atoms with Gasteiger partial charge in [-0.2, -0.15) is 0 Å². The van der Waals surface area contributed by atoms with Crippen LogP contribution >= 0.6 is 0 Å². The fourth-order valence-electron chi connectivity index (χ4n) is 0.421. The second-order valence-corrected chi connectivity index (χ2v) is 2.93. The molecule has 0 rings (SSSR count). The zero-order valence-electron chi connectivity index (χ0n) is 7.09. The normalized spacial score (nSPS) is 10.8. The molecule has 2 N–H and O–H groups in total. The summed E-state index contributed by atoms with van der Waals surface area (Å²) in [5.74, 6) is -0.376. The van der Waals surface area contributed by atoms with Crippen LogP contribution in [0.2, 0.25) is 0 Å². The van der Waals surface area contributed by atoms with Gasteiger partial charge < -0.3 is 10.5 Å². The SMILES string of the molecule is C=CCCOC(=O)C(C)(C)N. The van der Waals surface area contributed by atoms with Gasteiger partial charge in [0.25, 0.3) is 0 Å². The van der Waals surface area contributed by atoms with Crippen molar-refractivity contribution in [3.63, 3.8) is 0 Å². The third-order valence-corrected chi connectivity index (χ3v) is 1.08. The largest absolute Gasteiger partial charge is 0.464 e. The Hall–Kier alpha value is -0.830. The standard InChI is InChI=1S/C8H15NO2/c1-4-5-6-11-7(10)8(2,3)9/h4H,1,5-6,9H2,2-3H3. The fourth-order valence-corrected chi connectivity index (χ4v) is 0.421. The van der Waals surface area contributed by atoms with Crippen molar-refractivity contribution in [2.24, 2.45) is 5.73 Å². The highest BCUT2D eigenvalue weighted by Crippen LogP contribution is 2.00. The highest BCUT2D eigenvalue weighted by molar-refractivity contribution is 5.79. The van der Waals surface area contributed by atoms with Crippen molar-refractivity contribution in [2.75, 3.05) is 6.61 Å². The van der Waals surface area contributed by atoms with Crippen LogP contribution in [-0.2, 0) is 9.53 Å². The maximum absolute atomic E-state index is 11.0. The van der Waals surface area contributed by atoms with E-state index in [1.165, 1.54) is 0 Å². The van der Waals surface area contributed by atoms with Gasteiger partial charge in [0.05, 0.1) is 6.61 Å². The highest BCUT2D eigenvalue weighted by atomic mass is 16.5. The Morgan fingerprint density at radius 2 is 2.27 bits per heavy atom. The van der Waals surface area contributed by atoms with E-state index >= 15 is 0 Å².